The van der Waals surface area contributed by atoms with Crippen molar-refractivity contribution in [1.82, 2.24) is 0 Å². The van der Waals surface area contributed by atoms with E-state index in [1.165, 1.54) is 0 Å². The van der Waals surface area contributed by atoms with E-state index < -0.39 is 24.7 Å². The van der Waals surface area contributed by atoms with Crippen molar-refractivity contribution < 1.29 is 22.7 Å². The fraction of sp³-hybridized carbons (Fsp3) is 0.500. The first kappa shape index (κ1) is 15.6. The second-order valence-electron chi connectivity index (χ2n) is 4.97. The normalized spacial score (nSPS) is 17.9. The number of ether oxygens (including phenoxy) is 1. The van der Waals surface area contributed by atoms with E-state index in [-0.39, 0.29) is 6.61 Å². The van der Waals surface area contributed by atoms with Gasteiger partial charge in [-0.2, -0.15) is 13.2 Å². The first-order valence-corrected chi connectivity index (χ1v) is 6.67. The summed E-state index contributed by atoms with van der Waals surface area (Å²) in [4.78, 5) is 13.3. The number of carbonyl (C=O) groups excluding carboxylic acids is 1. The number of hydrogen-bond acceptors (Lipinski definition) is 3. The Balaban J connectivity index is 1.89. The highest BCUT2D eigenvalue weighted by Gasteiger charge is 2.32. The number of rotatable bonds is 6. The molecule has 1 aromatic carbocycles. The molecule has 0 unspecified atom stereocenters. The molecule has 0 bridgehead atoms. The Labute approximate surface area is 120 Å². The molecule has 21 heavy (non-hydrogen) atoms. The second kappa shape index (κ2) is 6.34. The first-order valence-electron chi connectivity index (χ1n) is 6.67. The summed E-state index contributed by atoms with van der Waals surface area (Å²) in [5, 5.41) is 0. The zero-order valence-corrected chi connectivity index (χ0v) is 11.4. The number of para-hydroxylation sites is 1. The molecule has 2 rings (SSSR count). The lowest BCUT2D eigenvalue weighted by Gasteiger charge is -2.25. The molecule has 1 atom stereocenters. The van der Waals surface area contributed by atoms with Crippen LogP contribution in [-0.2, 0) is 16.0 Å². The summed E-state index contributed by atoms with van der Waals surface area (Å²) in [6, 6.07) is 7.10. The molecule has 1 heterocycles. The van der Waals surface area contributed by atoms with Crippen LogP contribution in [0.2, 0.25) is 0 Å². The van der Waals surface area contributed by atoms with Crippen molar-refractivity contribution in [3.63, 3.8) is 0 Å². The molecule has 0 saturated carbocycles. The number of alkyl halides is 3. The first-order chi connectivity index (χ1) is 9.88. The van der Waals surface area contributed by atoms with Crippen molar-refractivity contribution in [2.24, 2.45) is 5.73 Å². The maximum atomic E-state index is 12.0. The molecule has 0 spiro atoms. The third kappa shape index (κ3) is 4.10. The van der Waals surface area contributed by atoms with Gasteiger partial charge in [0.15, 0.2) is 0 Å². The molecule has 7 heteroatoms. The van der Waals surface area contributed by atoms with Gasteiger partial charge in [0.25, 0.3) is 0 Å². The molecule has 0 aromatic heterocycles. The molecule has 0 radical (unpaired) electrons. The van der Waals surface area contributed by atoms with Crippen LogP contribution in [0, 0.1) is 0 Å². The van der Waals surface area contributed by atoms with Crippen LogP contribution < -0.4 is 10.6 Å². The average Bonchev–Trinajstić information content (AvgIpc) is 2.76. The van der Waals surface area contributed by atoms with Crippen molar-refractivity contribution in [1.29, 1.82) is 0 Å². The minimum atomic E-state index is -4.31. The Kier molecular flexibility index (Phi) is 4.72. The molecule has 4 nitrogen and oxygen atoms in total. The maximum Gasteiger partial charge on any atom is 0.411 e. The topological polar surface area (TPSA) is 55.6 Å². The number of amides is 1. The fourth-order valence-corrected chi connectivity index (χ4v) is 2.51. The third-order valence-corrected chi connectivity index (χ3v) is 3.37. The number of hydrogen-bond donors (Lipinski definition) is 1. The number of carbonyl (C=O) groups is 1. The molecule has 1 aliphatic heterocycles. The predicted octanol–water partition coefficient (Wildman–Crippen LogP) is 1.87. The van der Waals surface area contributed by atoms with Gasteiger partial charge in [0, 0.05) is 25.3 Å². The second-order valence-corrected chi connectivity index (χ2v) is 4.97. The van der Waals surface area contributed by atoms with Gasteiger partial charge in [0.2, 0.25) is 5.91 Å². The zero-order valence-electron chi connectivity index (χ0n) is 11.4. The molecule has 1 aromatic rings. The molecule has 0 aliphatic carbocycles. The number of halogens is 3. The van der Waals surface area contributed by atoms with E-state index in [2.05, 4.69) is 4.74 Å². The SMILES string of the molecule is NC(=O)[C@@H]1Cc2ccccc2N1CCCOCC(F)(F)F. The molecule has 0 saturated heterocycles. The van der Waals surface area contributed by atoms with Gasteiger partial charge in [-0.15, -0.1) is 0 Å². The van der Waals surface area contributed by atoms with Gasteiger partial charge in [0.05, 0.1) is 0 Å². The van der Waals surface area contributed by atoms with E-state index in [0.717, 1.165) is 11.3 Å². The zero-order chi connectivity index (χ0) is 15.5. The Morgan fingerprint density at radius 2 is 2.10 bits per heavy atom. The highest BCUT2D eigenvalue weighted by molar-refractivity contribution is 5.86. The Morgan fingerprint density at radius 1 is 1.38 bits per heavy atom. The van der Waals surface area contributed by atoms with E-state index >= 15 is 0 Å². The molecular formula is C14H17F3N2O2. The Morgan fingerprint density at radius 3 is 2.76 bits per heavy atom. The number of primary amides is 1. The average molecular weight is 302 g/mol. The van der Waals surface area contributed by atoms with Crippen molar-refractivity contribution in [2.75, 3.05) is 24.7 Å². The number of nitrogens with two attached hydrogens (primary N) is 1. The number of fused-ring (bicyclic) bond motifs is 1. The fourth-order valence-electron chi connectivity index (χ4n) is 2.51. The lowest BCUT2D eigenvalue weighted by Crippen LogP contribution is -2.43. The van der Waals surface area contributed by atoms with Crippen LogP contribution in [-0.4, -0.2) is 37.9 Å². The lowest BCUT2D eigenvalue weighted by molar-refractivity contribution is -0.173. The third-order valence-electron chi connectivity index (χ3n) is 3.37. The molecule has 1 amide bonds. The van der Waals surface area contributed by atoms with Crippen molar-refractivity contribution >= 4 is 11.6 Å². The monoisotopic (exact) mass is 302 g/mol. The minimum absolute atomic E-state index is 0.0103. The van der Waals surface area contributed by atoms with Crippen molar-refractivity contribution in [2.45, 2.75) is 25.1 Å². The van der Waals surface area contributed by atoms with Gasteiger partial charge in [-0.05, 0) is 18.1 Å². The van der Waals surface area contributed by atoms with Crippen LogP contribution in [0.1, 0.15) is 12.0 Å². The number of nitrogens with zero attached hydrogens (tertiary/aromatic N) is 1. The Bertz CT molecular complexity index is 505. The van der Waals surface area contributed by atoms with Gasteiger partial charge in [-0.3, -0.25) is 4.79 Å². The van der Waals surface area contributed by atoms with Crippen LogP contribution in [0.15, 0.2) is 24.3 Å². The maximum absolute atomic E-state index is 12.0. The van der Waals surface area contributed by atoms with Gasteiger partial charge >= 0.3 is 6.18 Å². The van der Waals surface area contributed by atoms with Gasteiger partial charge in [0.1, 0.15) is 12.6 Å². The van der Waals surface area contributed by atoms with E-state index in [0.29, 0.717) is 19.4 Å². The predicted molar refractivity (Wildman–Crippen MR) is 72.0 cm³/mol. The summed E-state index contributed by atoms with van der Waals surface area (Å²) < 4.78 is 40.4. The highest BCUT2D eigenvalue weighted by atomic mass is 19.4. The largest absolute Gasteiger partial charge is 0.411 e. The molecule has 0 fully saturated rings. The summed E-state index contributed by atoms with van der Waals surface area (Å²) in [7, 11) is 0. The summed E-state index contributed by atoms with van der Waals surface area (Å²) >= 11 is 0. The van der Waals surface area contributed by atoms with Crippen molar-refractivity contribution in [3.8, 4) is 0 Å². The molecular weight excluding hydrogens is 285 g/mol. The van der Waals surface area contributed by atoms with Crippen LogP contribution in [0.25, 0.3) is 0 Å². The van der Waals surface area contributed by atoms with Gasteiger partial charge in [-0.25, -0.2) is 0 Å². The van der Waals surface area contributed by atoms with E-state index in [9.17, 15) is 18.0 Å². The quantitative estimate of drug-likeness (QED) is 0.816. The summed E-state index contributed by atoms with van der Waals surface area (Å²) in [5.41, 5.74) is 7.33. The van der Waals surface area contributed by atoms with Gasteiger partial charge < -0.3 is 15.4 Å². The highest BCUT2D eigenvalue weighted by Crippen LogP contribution is 2.31. The standard InChI is InChI=1S/C14H17F3N2O2/c15-14(16,17)9-21-7-3-6-19-11-5-2-1-4-10(11)8-12(19)13(18)20/h1-2,4-5,12H,3,6-9H2,(H2,18,20)/t12-/m0/s1. The van der Waals surface area contributed by atoms with Crippen LogP contribution >= 0.6 is 0 Å². The minimum Gasteiger partial charge on any atom is -0.372 e. The van der Waals surface area contributed by atoms with E-state index in [1.54, 1.807) is 0 Å². The molecule has 2 N–H and O–H groups in total. The Hall–Kier alpha value is -1.76. The smallest absolute Gasteiger partial charge is 0.372 e. The van der Waals surface area contributed by atoms with Crippen molar-refractivity contribution in [3.05, 3.63) is 29.8 Å². The molecule has 1 aliphatic rings. The van der Waals surface area contributed by atoms with Crippen LogP contribution in [0.3, 0.4) is 0 Å². The van der Waals surface area contributed by atoms with Crippen LogP contribution in [0.5, 0.6) is 0 Å². The lowest BCUT2D eigenvalue weighted by atomic mass is 10.1. The van der Waals surface area contributed by atoms with Crippen LogP contribution in [0.4, 0.5) is 18.9 Å². The molecule has 116 valence electrons. The summed E-state index contributed by atoms with van der Waals surface area (Å²) in [6.45, 7) is -0.824. The van der Waals surface area contributed by atoms with E-state index in [4.69, 9.17) is 5.73 Å². The number of benzene rings is 1. The van der Waals surface area contributed by atoms with Gasteiger partial charge in [-0.1, -0.05) is 18.2 Å². The number of anilines is 1. The summed E-state index contributed by atoms with van der Waals surface area (Å²) in [6.07, 6.45) is -3.38. The summed E-state index contributed by atoms with van der Waals surface area (Å²) in [5.74, 6) is -0.428. The van der Waals surface area contributed by atoms with E-state index in [1.807, 2.05) is 29.2 Å².